The van der Waals surface area contributed by atoms with Gasteiger partial charge in [-0.15, -0.1) is 11.3 Å². The summed E-state index contributed by atoms with van der Waals surface area (Å²) in [4.78, 5) is 21.5. The van der Waals surface area contributed by atoms with E-state index in [1.54, 1.807) is 12.1 Å². The summed E-state index contributed by atoms with van der Waals surface area (Å²) in [5.41, 5.74) is 4.04. The van der Waals surface area contributed by atoms with E-state index in [2.05, 4.69) is 30.0 Å². The van der Waals surface area contributed by atoms with Crippen LogP contribution >= 0.6 is 11.3 Å². The van der Waals surface area contributed by atoms with Crippen molar-refractivity contribution in [2.24, 2.45) is 4.99 Å². The van der Waals surface area contributed by atoms with Gasteiger partial charge in [0.1, 0.15) is 11.0 Å². The van der Waals surface area contributed by atoms with Gasteiger partial charge < -0.3 is 5.32 Å². The Bertz CT molecular complexity index is 1130. The normalized spacial score (nSPS) is 15.6. The fourth-order valence-electron chi connectivity index (χ4n) is 3.22. The molecule has 0 saturated carbocycles. The summed E-state index contributed by atoms with van der Waals surface area (Å²) in [6, 6.07) is 15.2. The third-order valence-electron chi connectivity index (χ3n) is 4.62. The van der Waals surface area contributed by atoms with Crippen molar-refractivity contribution in [1.29, 1.82) is 0 Å². The van der Waals surface area contributed by atoms with Crippen LogP contribution in [0.15, 0.2) is 58.9 Å². The van der Waals surface area contributed by atoms with Crippen molar-refractivity contribution >= 4 is 39.8 Å². The molecule has 0 bridgehead atoms. The van der Waals surface area contributed by atoms with Gasteiger partial charge in [-0.1, -0.05) is 30.3 Å². The van der Waals surface area contributed by atoms with Crippen molar-refractivity contribution < 1.29 is 9.00 Å². The molecule has 1 aliphatic rings. The zero-order valence-corrected chi connectivity index (χ0v) is 17.9. The minimum Gasteiger partial charge on any atom is -0.338 e. The molecule has 0 saturated heterocycles. The lowest BCUT2D eigenvalue weighted by molar-refractivity contribution is 0.0983. The Morgan fingerprint density at radius 3 is 2.59 bits per heavy atom. The smallest absolute Gasteiger partial charge is 0.262 e. The molecule has 8 heteroatoms. The molecule has 2 N–H and O–H groups in total. The second-order valence-corrected chi connectivity index (χ2v) is 9.16. The van der Waals surface area contributed by atoms with Crippen molar-refractivity contribution in [3.05, 3.63) is 70.0 Å². The fourth-order valence-corrected chi connectivity index (χ4v) is 4.37. The van der Waals surface area contributed by atoms with E-state index in [-0.39, 0.29) is 11.4 Å². The number of amidine groups is 1. The molecule has 0 fully saturated rings. The van der Waals surface area contributed by atoms with Gasteiger partial charge in [0.05, 0.1) is 11.2 Å². The zero-order valence-electron chi connectivity index (χ0n) is 16.2. The Kier molecular flexibility index (Phi) is 5.06. The van der Waals surface area contributed by atoms with Crippen LogP contribution in [-0.2, 0) is 16.5 Å². The number of benzene rings is 2. The zero-order chi connectivity index (χ0) is 20.6. The molecule has 0 spiro atoms. The van der Waals surface area contributed by atoms with Gasteiger partial charge >= 0.3 is 0 Å². The first-order valence-electron chi connectivity index (χ1n) is 9.00. The molecule has 1 aromatic heterocycles. The van der Waals surface area contributed by atoms with Gasteiger partial charge in [0, 0.05) is 34.0 Å². The number of thiazole rings is 1. The SMILES string of the molecule is CS(=O)NC(=O)c1ccc(-c2csc(C3=NC(C)(C)c4ccccc4N3)n2)cc1. The maximum absolute atomic E-state index is 11.9. The lowest BCUT2D eigenvalue weighted by atomic mass is 9.92. The van der Waals surface area contributed by atoms with Crippen LogP contribution in [0.1, 0.15) is 34.8 Å². The fraction of sp³-hybridized carbons (Fsp3) is 0.190. The third kappa shape index (κ3) is 3.99. The van der Waals surface area contributed by atoms with Crippen molar-refractivity contribution in [2.45, 2.75) is 19.4 Å². The van der Waals surface area contributed by atoms with E-state index in [1.807, 2.05) is 35.7 Å². The van der Waals surface area contributed by atoms with Gasteiger partial charge in [0.2, 0.25) is 0 Å². The van der Waals surface area contributed by atoms with Crippen molar-refractivity contribution in [3.8, 4) is 11.3 Å². The van der Waals surface area contributed by atoms with Gasteiger partial charge in [-0.2, -0.15) is 0 Å². The number of fused-ring (bicyclic) bond motifs is 1. The van der Waals surface area contributed by atoms with Crippen molar-refractivity contribution in [2.75, 3.05) is 11.6 Å². The van der Waals surface area contributed by atoms with Crippen LogP contribution in [-0.4, -0.2) is 27.2 Å². The number of rotatable bonds is 4. The number of nitrogens with zero attached hydrogens (tertiary/aromatic N) is 2. The van der Waals surface area contributed by atoms with E-state index < -0.39 is 11.0 Å². The number of hydrogen-bond donors (Lipinski definition) is 2. The quantitative estimate of drug-likeness (QED) is 0.664. The van der Waals surface area contributed by atoms with E-state index in [4.69, 9.17) is 9.98 Å². The molecule has 0 aliphatic carbocycles. The second-order valence-electron chi connectivity index (χ2n) is 7.19. The first-order chi connectivity index (χ1) is 13.8. The van der Waals surface area contributed by atoms with E-state index in [1.165, 1.54) is 17.6 Å². The molecule has 29 heavy (non-hydrogen) atoms. The number of amides is 1. The molecule has 2 aromatic carbocycles. The predicted octanol–water partition coefficient (Wildman–Crippen LogP) is 3.94. The van der Waals surface area contributed by atoms with Crippen LogP contribution in [0.5, 0.6) is 0 Å². The summed E-state index contributed by atoms with van der Waals surface area (Å²) in [5.74, 6) is 0.393. The Hall–Kier alpha value is -2.84. The van der Waals surface area contributed by atoms with Gasteiger partial charge in [0.15, 0.2) is 10.8 Å². The van der Waals surface area contributed by atoms with E-state index in [0.717, 1.165) is 33.4 Å². The summed E-state index contributed by atoms with van der Waals surface area (Å²) in [5, 5.41) is 6.18. The third-order valence-corrected chi connectivity index (χ3v) is 5.94. The highest BCUT2D eigenvalue weighted by molar-refractivity contribution is 7.82. The molecule has 1 amide bonds. The standard InChI is InChI=1S/C21H20N4O2S2/c1-21(2)15-6-4-5-7-16(15)22-18(24-21)20-23-17(12-28-20)13-8-10-14(11-9-13)19(26)25-29(3)27/h4-12H,1-3H3,(H,22,24)(H,25,26). The molecule has 6 nitrogen and oxygen atoms in total. The Morgan fingerprint density at radius 2 is 1.86 bits per heavy atom. The molecule has 1 unspecified atom stereocenters. The minimum atomic E-state index is -1.39. The van der Waals surface area contributed by atoms with Crippen LogP contribution < -0.4 is 10.0 Å². The number of aromatic nitrogens is 1. The number of anilines is 1. The number of nitrogens with one attached hydrogen (secondary N) is 2. The number of carbonyl (C=O) groups is 1. The molecule has 4 rings (SSSR count). The van der Waals surface area contributed by atoms with Gasteiger partial charge in [-0.05, 0) is 32.0 Å². The van der Waals surface area contributed by atoms with E-state index >= 15 is 0 Å². The number of hydrogen-bond acceptors (Lipinski definition) is 6. The highest BCUT2D eigenvalue weighted by Gasteiger charge is 2.29. The Balaban J connectivity index is 1.59. The summed E-state index contributed by atoms with van der Waals surface area (Å²) in [6.07, 6.45) is 1.42. The molecule has 1 aliphatic heterocycles. The van der Waals surface area contributed by atoms with Crippen LogP contribution in [0.3, 0.4) is 0 Å². The largest absolute Gasteiger partial charge is 0.338 e. The minimum absolute atomic E-state index is 0.336. The molecular formula is C21H20N4O2S2. The van der Waals surface area contributed by atoms with E-state index in [9.17, 15) is 9.00 Å². The maximum Gasteiger partial charge on any atom is 0.262 e. The van der Waals surface area contributed by atoms with Crippen molar-refractivity contribution in [1.82, 2.24) is 9.71 Å². The topological polar surface area (TPSA) is 83.5 Å². The molecule has 2 heterocycles. The van der Waals surface area contributed by atoms with Crippen LogP contribution in [0.25, 0.3) is 11.3 Å². The summed E-state index contributed by atoms with van der Waals surface area (Å²) >= 11 is 1.52. The predicted molar refractivity (Wildman–Crippen MR) is 119 cm³/mol. The summed E-state index contributed by atoms with van der Waals surface area (Å²) in [6.45, 7) is 4.18. The Labute approximate surface area is 175 Å². The molecular weight excluding hydrogens is 404 g/mol. The first kappa shape index (κ1) is 19.5. The number of aliphatic imine (C=N–C) groups is 1. The second kappa shape index (κ2) is 7.53. The maximum atomic E-state index is 11.9. The monoisotopic (exact) mass is 424 g/mol. The lowest BCUT2D eigenvalue weighted by Gasteiger charge is -2.30. The first-order valence-corrected chi connectivity index (χ1v) is 11.4. The van der Waals surface area contributed by atoms with Gasteiger partial charge in [-0.25, -0.2) is 9.19 Å². The average Bonchev–Trinajstić information content (AvgIpc) is 3.17. The molecule has 3 aromatic rings. The number of para-hydroxylation sites is 1. The van der Waals surface area contributed by atoms with Gasteiger partial charge in [-0.3, -0.25) is 14.5 Å². The van der Waals surface area contributed by atoms with Crippen molar-refractivity contribution in [3.63, 3.8) is 0 Å². The highest BCUT2D eigenvalue weighted by atomic mass is 32.2. The van der Waals surface area contributed by atoms with Crippen LogP contribution in [0, 0.1) is 0 Å². The highest BCUT2D eigenvalue weighted by Crippen LogP contribution is 2.36. The lowest BCUT2D eigenvalue weighted by Crippen LogP contribution is -2.29. The molecule has 148 valence electrons. The summed E-state index contributed by atoms with van der Waals surface area (Å²) in [7, 11) is -1.39. The van der Waals surface area contributed by atoms with Crippen LogP contribution in [0.4, 0.5) is 5.69 Å². The molecule has 0 radical (unpaired) electrons. The van der Waals surface area contributed by atoms with E-state index in [0.29, 0.717) is 5.56 Å². The van der Waals surface area contributed by atoms with Crippen LogP contribution in [0.2, 0.25) is 0 Å². The van der Waals surface area contributed by atoms with Gasteiger partial charge in [0.25, 0.3) is 5.91 Å². The Morgan fingerprint density at radius 1 is 1.14 bits per heavy atom. The summed E-state index contributed by atoms with van der Waals surface area (Å²) < 4.78 is 13.5. The average molecular weight is 425 g/mol. The number of carbonyl (C=O) groups excluding carboxylic acids is 1. The molecule has 1 atom stereocenters.